The van der Waals surface area contributed by atoms with E-state index in [9.17, 15) is 22.8 Å². The number of likely N-dealkylation sites (tertiary alicyclic amines) is 1. The summed E-state index contributed by atoms with van der Waals surface area (Å²) in [6.07, 6.45) is -3.59. The Morgan fingerprint density at radius 2 is 2.10 bits per heavy atom. The van der Waals surface area contributed by atoms with Crippen molar-refractivity contribution in [1.82, 2.24) is 9.88 Å². The number of anilines is 1. The summed E-state index contributed by atoms with van der Waals surface area (Å²) in [6.45, 7) is 4.13. The van der Waals surface area contributed by atoms with E-state index >= 15 is 0 Å². The molecule has 1 aliphatic heterocycles. The Morgan fingerprint density at radius 1 is 1.38 bits per heavy atom. The summed E-state index contributed by atoms with van der Waals surface area (Å²) in [5.74, 6) is -1.07. The second-order valence-electron chi connectivity index (χ2n) is 7.15. The van der Waals surface area contributed by atoms with Crippen LogP contribution in [0.3, 0.4) is 0 Å². The number of aromatic nitrogens is 1. The van der Waals surface area contributed by atoms with Gasteiger partial charge >= 0.3 is 6.36 Å². The van der Waals surface area contributed by atoms with Gasteiger partial charge in [-0.05, 0) is 30.9 Å². The maximum atomic E-state index is 12.7. The van der Waals surface area contributed by atoms with Gasteiger partial charge in [0.15, 0.2) is 5.13 Å². The summed E-state index contributed by atoms with van der Waals surface area (Å²) in [5, 5.41) is 2.90. The molecule has 1 aliphatic rings. The fourth-order valence-electron chi connectivity index (χ4n) is 3.12. The van der Waals surface area contributed by atoms with Gasteiger partial charge in [-0.15, -0.1) is 13.2 Å². The Labute approximate surface area is 169 Å². The molecule has 29 heavy (non-hydrogen) atoms. The first-order chi connectivity index (χ1) is 13.5. The molecule has 0 radical (unpaired) electrons. The van der Waals surface area contributed by atoms with E-state index in [1.807, 2.05) is 13.8 Å². The third-order valence-corrected chi connectivity index (χ3v) is 5.60. The molecule has 0 aliphatic carbocycles. The van der Waals surface area contributed by atoms with E-state index in [2.05, 4.69) is 15.0 Å². The molecule has 3 N–H and O–H groups in total. The number of rotatable bonds is 5. The molecule has 3 rings (SSSR count). The zero-order valence-corrected chi connectivity index (χ0v) is 16.6. The monoisotopic (exact) mass is 430 g/mol. The van der Waals surface area contributed by atoms with E-state index in [4.69, 9.17) is 5.73 Å². The summed E-state index contributed by atoms with van der Waals surface area (Å²) in [7, 11) is 0. The first-order valence-electron chi connectivity index (χ1n) is 9.08. The molecular weight excluding hydrogens is 409 g/mol. The molecule has 11 heteroatoms. The Kier molecular flexibility index (Phi) is 5.99. The lowest BCUT2D eigenvalue weighted by atomic mass is 10.0. The lowest BCUT2D eigenvalue weighted by Gasteiger charge is -2.27. The first-order valence-corrected chi connectivity index (χ1v) is 9.90. The van der Waals surface area contributed by atoms with Crippen LogP contribution in [0.2, 0.25) is 0 Å². The molecule has 1 aromatic carbocycles. The number of carbonyl (C=O) groups excluding carboxylic acids is 2. The molecule has 2 amide bonds. The summed E-state index contributed by atoms with van der Waals surface area (Å²) in [4.78, 5) is 31.0. The summed E-state index contributed by atoms with van der Waals surface area (Å²) >= 11 is 1.03. The molecular formula is C18H21F3N4O3S. The Hall–Kier alpha value is -2.40. The van der Waals surface area contributed by atoms with E-state index in [1.54, 1.807) is 0 Å². The van der Waals surface area contributed by atoms with Gasteiger partial charge in [0.05, 0.1) is 16.3 Å². The highest BCUT2D eigenvalue weighted by Crippen LogP contribution is 2.32. The number of halogens is 3. The van der Waals surface area contributed by atoms with Crippen LogP contribution in [0, 0.1) is 5.92 Å². The number of ether oxygens (including phenoxy) is 1. The van der Waals surface area contributed by atoms with Crippen molar-refractivity contribution in [3.8, 4) is 5.75 Å². The smallest absolute Gasteiger partial charge is 0.406 e. The van der Waals surface area contributed by atoms with Gasteiger partial charge in [-0.2, -0.15) is 0 Å². The van der Waals surface area contributed by atoms with Crippen LogP contribution in [0.15, 0.2) is 18.2 Å². The minimum absolute atomic E-state index is 0.0517. The van der Waals surface area contributed by atoms with Crippen molar-refractivity contribution in [1.29, 1.82) is 0 Å². The quantitative estimate of drug-likeness (QED) is 0.760. The molecule has 7 nitrogen and oxygen atoms in total. The summed E-state index contributed by atoms with van der Waals surface area (Å²) in [5.41, 5.74) is 6.37. The fraction of sp³-hybridized carbons (Fsp3) is 0.500. The number of alkyl halides is 3. The molecule has 0 bridgehead atoms. The molecule has 0 spiro atoms. The lowest BCUT2D eigenvalue weighted by Crippen LogP contribution is -2.51. The number of fused-ring (bicyclic) bond motifs is 1. The van der Waals surface area contributed by atoms with Crippen LogP contribution in [0.4, 0.5) is 18.3 Å². The average Bonchev–Trinajstić information content (AvgIpc) is 3.24. The number of nitrogens with zero attached hydrogens (tertiary/aromatic N) is 2. The number of carbonyl (C=O) groups is 2. The maximum absolute atomic E-state index is 12.7. The fourth-order valence-corrected chi connectivity index (χ4v) is 4.02. The molecule has 1 unspecified atom stereocenters. The average molecular weight is 430 g/mol. The number of thiazole rings is 1. The second kappa shape index (κ2) is 8.15. The van der Waals surface area contributed by atoms with E-state index in [-0.39, 0.29) is 22.7 Å². The largest absolute Gasteiger partial charge is 0.573 e. The van der Waals surface area contributed by atoms with E-state index in [0.29, 0.717) is 29.6 Å². The lowest BCUT2D eigenvalue weighted by molar-refractivity contribution is -0.274. The normalized spacial score (nSPS) is 18.3. The van der Waals surface area contributed by atoms with Gasteiger partial charge in [-0.25, -0.2) is 4.98 Å². The Bertz CT molecular complexity index is 915. The van der Waals surface area contributed by atoms with Crippen molar-refractivity contribution >= 4 is 38.5 Å². The van der Waals surface area contributed by atoms with Crippen molar-refractivity contribution in [2.45, 2.75) is 45.1 Å². The van der Waals surface area contributed by atoms with Crippen LogP contribution in [0.25, 0.3) is 10.2 Å². The number of nitrogens with two attached hydrogens (primary N) is 1. The highest BCUT2D eigenvalue weighted by atomic mass is 32.1. The van der Waals surface area contributed by atoms with Crippen LogP contribution >= 0.6 is 11.3 Å². The molecule has 1 aromatic heterocycles. The summed E-state index contributed by atoms with van der Waals surface area (Å²) < 4.78 is 41.4. The van der Waals surface area contributed by atoms with E-state index in [0.717, 1.165) is 17.4 Å². The van der Waals surface area contributed by atoms with Crippen molar-refractivity contribution in [3.63, 3.8) is 0 Å². The van der Waals surface area contributed by atoms with Crippen LogP contribution in [-0.2, 0) is 9.59 Å². The highest BCUT2D eigenvalue weighted by molar-refractivity contribution is 7.22. The van der Waals surface area contributed by atoms with Gasteiger partial charge in [0.1, 0.15) is 11.8 Å². The maximum Gasteiger partial charge on any atom is 0.573 e. The van der Waals surface area contributed by atoms with E-state index in [1.165, 1.54) is 17.0 Å². The van der Waals surface area contributed by atoms with Crippen molar-refractivity contribution in [3.05, 3.63) is 18.2 Å². The number of benzene rings is 1. The number of nitrogens with one attached hydrogen (secondary N) is 1. The molecule has 2 heterocycles. The minimum atomic E-state index is -4.79. The van der Waals surface area contributed by atoms with Crippen molar-refractivity contribution in [2.75, 3.05) is 11.9 Å². The van der Waals surface area contributed by atoms with Crippen molar-refractivity contribution < 1.29 is 27.5 Å². The molecule has 1 saturated heterocycles. The van der Waals surface area contributed by atoms with Crippen LogP contribution in [0.5, 0.6) is 5.75 Å². The zero-order chi connectivity index (χ0) is 21.3. The summed E-state index contributed by atoms with van der Waals surface area (Å²) in [6, 6.07) is 2.42. The van der Waals surface area contributed by atoms with Gasteiger partial charge in [0.2, 0.25) is 11.8 Å². The van der Waals surface area contributed by atoms with Gasteiger partial charge < -0.3 is 20.7 Å². The van der Waals surface area contributed by atoms with Gasteiger partial charge in [-0.1, -0.05) is 25.2 Å². The molecule has 0 saturated carbocycles. The van der Waals surface area contributed by atoms with Crippen LogP contribution < -0.4 is 15.8 Å². The number of amides is 2. The Balaban J connectivity index is 1.72. The molecule has 1 fully saturated rings. The Morgan fingerprint density at radius 3 is 2.76 bits per heavy atom. The van der Waals surface area contributed by atoms with Gasteiger partial charge in [-0.3, -0.25) is 9.59 Å². The molecule has 2 atom stereocenters. The predicted octanol–water partition coefficient (Wildman–Crippen LogP) is 3.11. The third-order valence-electron chi connectivity index (χ3n) is 4.67. The topological polar surface area (TPSA) is 97.6 Å². The number of hydrogen-bond donors (Lipinski definition) is 2. The molecule has 2 aromatic rings. The van der Waals surface area contributed by atoms with Gasteiger partial charge in [0, 0.05) is 12.6 Å². The second-order valence-corrected chi connectivity index (χ2v) is 8.18. The van der Waals surface area contributed by atoms with Gasteiger partial charge in [0.25, 0.3) is 0 Å². The third kappa shape index (κ3) is 4.96. The number of hydrogen-bond acceptors (Lipinski definition) is 6. The van der Waals surface area contributed by atoms with Crippen molar-refractivity contribution in [2.24, 2.45) is 11.7 Å². The molecule has 158 valence electrons. The standard InChI is InChI=1S/C18H21F3N4O3S/c1-9(2)14(22)16(27)25-7-3-4-12(25)15(26)24-17-23-11-6-5-10(8-13(11)29-17)28-18(19,20)21/h5-6,8-9,12,14H,3-4,7,22H2,1-2H3,(H,23,24,26)/t12-,14?/m1/s1. The SMILES string of the molecule is CC(C)C(N)C(=O)N1CCC[C@@H]1C(=O)Nc1nc2ccc(OC(F)(F)F)cc2s1. The minimum Gasteiger partial charge on any atom is -0.406 e. The first kappa shape index (κ1) is 21.3. The predicted molar refractivity (Wildman–Crippen MR) is 102 cm³/mol. The van der Waals surface area contributed by atoms with E-state index < -0.39 is 24.4 Å². The van der Waals surface area contributed by atoms with Crippen LogP contribution in [-0.4, -0.2) is 46.7 Å². The highest BCUT2D eigenvalue weighted by Gasteiger charge is 2.37. The van der Waals surface area contributed by atoms with Crippen LogP contribution in [0.1, 0.15) is 26.7 Å². The zero-order valence-electron chi connectivity index (χ0n) is 15.8.